The summed E-state index contributed by atoms with van der Waals surface area (Å²) in [5.41, 5.74) is 6.80. The highest BCUT2D eigenvalue weighted by Gasteiger charge is 2.09. The lowest BCUT2D eigenvalue weighted by Crippen LogP contribution is -2.18. The zero-order valence-electron chi connectivity index (χ0n) is 9.91. The van der Waals surface area contributed by atoms with Crippen molar-refractivity contribution in [2.24, 2.45) is 0 Å². The van der Waals surface area contributed by atoms with Gasteiger partial charge in [-0.1, -0.05) is 17.7 Å². The summed E-state index contributed by atoms with van der Waals surface area (Å²) >= 11 is 7.46. The summed E-state index contributed by atoms with van der Waals surface area (Å²) in [6.07, 6.45) is 0.895. The molecular weight excluding hydrogens is 271 g/mol. The van der Waals surface area contributed by atoms with Gasteiger partial charge in [-0.05, 0) is 24.4 Å². The molecule has 1 heterocycles. The Morgan fingerprint density at radius 2 is 2.28 bits per heavy atom. The minimum absolute atomic E-state index is 0.0787. The average molecular weight is 285 g/mol. The van der Waals surface area contributed by atoms with Gasteiger partial charge in [-0.15, -0.1) is 11.3 Å². The van der Waals surface area contributed by atoms with Crippen LogP contribution in [0.3, 0.4) is 0 Å². The van der Waals surface area contributed by atoms with Crippen LogP contribution in [-0.4, -0.2) is 6.04 Å². The largest absolute Gasteiger partial charge is 0.397 e. The number of nitrogens with two attached hydrogens (primary N) is 1. The van der Waals surface area contributed by atoms with E-state index in [0.717, 1.165) is 6.42 Å². The van der Waals surface area contributed by atoms with E-state index >= 15 is 0 Å². The molecule has 2 nitrogen and oxygen atoms in total. The first-order chi connectivity index (χ1) is 8.56. The van der Waals surface area contributed by atoms with Crippen molar-refractivity contribution in [1.29, 1.82) is 0 Å². The Morgan fingerprint density at radius 1 is 1.50 bits per heavy atom. The molecule has 0 fully saturated rings. The van der Waals surface area contributed by atoms with Gasteiger partial charge in [0.2, 0.25) is 0 Å². The van der Waals surface area contributed by atoms with Gasteiger partial charge in [-0.25, -0.2) is 4.39 Å². The molecule has 0 aliphatic heterocycles. The number of benzene rings is 1. The molecule has 5 heteroatoms. The Labute approximate surface area is 115 Å². The molecule has 0 saturated heterocycles. The molecule has 96 valence electrons. The van der Waals surface area contributed by atoms with Crippen LogP contribution in [0.25, 0.3) is 0 Å². The highest BCUT2D eigenvalue weighted by Crippen LogP contribution is 2.27. The molecule has 0 aliphatic rings. The molecule has 2 rings (SSSR count). The summed E-state index contributed by atoms with van der Waals surface area (Å²) in [7, 11) is 0. The fraction of sp³-hybridized carbons (Fsp3) is 0.231. The maximum Gasteiger partial charge on any atom is 0.143 e. The topological polar surface area (TPSA) is 38.0 Å². The van der Waals surface area contributed by atoms with Crippen molar-refractivity contribution in [1.82, 2.24) is 0 Å². The quantitative estimate of drug-likeness (QED) is 0.827. The van der Waals surface area contributed by atoms with Gasteiger partial charge in [-0.3, -0.25) is 0 Å². The molecule has 18 heavy (non-hydrogen) atoms. The molecule has 0 bridgehead atoms. The molecule has 1 unspecified atom stereocenters. The lowest BCUT2D eigenvalue weighted by atomic mass is 10.2. The van der Waals surface area contributed by atoms with Crippen LogP contribution >= 0.6 is 22.9 Å². The number of anilines is 2. The summed E-state index contributed by atoms with van der Waals surface area (Å²) in [5.74, 6) is -0.495. The minimum Gasteiger partial charge on any atom is -0.397 e. The summed E-state index contributed by atoms with van der Waals surface area (Å²) in [6.45, 7) is 2.05. The summed E-state index contributed by atoms with van der Waals surface area (Å²) < 4.78 is 13.2. The Balaban J connectivity index is 2.07. The van der Waals surface area contributed by atoms with Crippen LogP contribution < -0.4 is 11.1 Å². The van der Waals surface area contributed by atoms with Crippen LogP contribution in [0, 0.1) is 5.82 Å². The van der Waals surface area contributed by atoms with Crippen molar-refractivity contribution >= 4 is 34.3 Å². The lowest BCUT2D eigenvalue weighted by molar-refractivity contribution is 0.629. The molecule has 1 atom stereocenters. The third-order valence-corrected chi connectivity index (χ3v) is 3.77. The predicted molar refractivity (Wildman–Crippen MR) is 76.9 cm³/mol. The normalized spacial score (nSPS) is 12.4. The Morgan fingerprint density at radius 3 is 2.94 bits per heavy atom. The molecule has 0 saturated carbocycles. The van der Waals surface area contributed by atoms with E-state index in [2.05, 4.69) is 18.3 Å². The molecule has 3 N–H and O–H groups in total. The van der Waals surface area contributed by atoms with Crippen LogP contribution in [0.1, 0.15) is 11.8 Å². The molecule has 0 spiro atoms. The number of rotatable bonds is 4. The molecule has 1 aromatic heterocycles. The van der Waals surface area contributed by atoms with Crippen LogP contribution in [0.2, 0.25) is 5.02 Å². The van der Waals surface area contributed by atoms with E-state index in [1.807, 2.05) is 11.4 Å². The van der Waals surface area contributed by atoms with Gasteiger partial charge in [0.25, 0.3) is 0 Å². The third-order valence-electron chi connectivity index (χ3n) is 2.58. The van der Waals surface area contributed by atoms with Crippen LogP contribution in [0.15, 0.2) is 29.6 Å². The standard InChI is InChI=1S/C13H14ClFN2S/c1-8(5-9-3-2-4-18-9)17-13-6-10(14)11(15)7-12(13)16/h2-4,6-8,17H,5,16H2,1H3. The monoisotopic (exact) mass is 284 g/mol. The Kier molecular flexibility index (Phi) is 4.09. The number of halogens is 2. The maximum absolute atomic E-state index is 13.2. The third kappa shape index (κ3) is 3.15. The zero-order valence-corrected chi connectivity index (χ0v) is 11.5. The van der Waals surface area contributed by atoms with Gasteiger partial charge in [0.05, 0.1) is 16.4 Å². The van der Waals surface area contributed by atoms with E-state index in [1.165, 1.54) is 17.0 Å². The number of hydrogen-bond donors (Lipinski definition) is 2. The second-order valence-electron chi connectivity index (χ2n) is 4.18. The zero-order chi connectivity index (χ0) is 13.1. The Hall–Kier alpha value is -1.26. The van der Waals surface area contributed by atoms with E-state index < -0.39 is 5.82 Å². The first kappa shape index (κ1) is 13.2. The second kappa shape index (κ2) is 5.59. The molecule has 0 aliphatic carbocycles. The van der Waals surface area contributed by atoms with Crippen LogP contribution in [0.4, 0.5) is 15.8 Å². The smallest absolute Gasteiger partial charge is 0.143 e. The number of nitrogen functional groups attached to an aromatic ring is 1. The van der Waals surface area contributed by atoms with E-state index in [-0.39, 0.29) is 11.1 Å². The van der Waals surface area contributed by atoms with Gasteiger partial charge in [0.15, 0.2) is 0 Å². The van der Waals surface area contributed by atoms with Gasteiger partial charge in [0, 0.05) is 23.4 Å². The van der Waals surface area contributed by atoms with Crippen molar-refractivity contribution in [2.45, 2.75) is 19.4 Å². The summed E-state index contributed by atoms with van der Waals surface area (Å²) in [6, 6.07) is 7.08. The van der Waals surface area contributed by atoms with Crippen LogP contribution in [0.5, 0.6) is 0 Å². The number of thiophene rings is 1. The molecule has 1 aromatic carbocycles. The number of hydrogen-bond acceptors (Lipinski definition) is 3. The summed E-state index contributed by atoms with van der Waals surface area (Å²) in [4.78, 5) is 1.29. The van der Waals surface area contributed by atoms with Crippen molar-refractivity contribution in [2.75, 3.05) is 11.1 Å². The van der Waals surface area contributed by atoms with Crippen molar-refractivity contribution in [3.8, 4) is 0 Å². The Bertz CT molecular complexity index is 528. The highest BCUT2D eigenvalue weighted by molar-refractivity contribution is 7.09. The van der Waals surface area contributed by atoms with E-state index in [1.54, 1.807) is 11.3 Å². The minimum atomic E-state index is -0.495. The first-order valence-electron chi connectivity index (χ1n) is 5.59. The lowest BCUT2D eigenvalue weighted by Gasteiger charge is -2.16. The number of nitrogens with one attached hydrogen (secondary N) is 1. The fourth-order valence-corrected chi connectivity index (χ4v) is 2.73. The molecule has 2 aromatic rings. The van der Waals surface area contributed by atoms with Crippen molar-refractivity contribution in [3.63, 3.8) is 0 Å². The molecule has 0 radical (unpaired) electrons. The first-order valence-corrected chi connectivity index (χ1v) is 6.85. The van der Waals surface area contributed by atoms with E-state index in [9.17, 15) is 4.39 Å². The van der Waals surface area contributed by atoms with Gasteiger partial charge >= 0.3 is 0 Å². The molecule has 0 amide bonds. The van der Waals surface area contributed by atoms with Gasteiger partial charge in [0.1, 0.15) is 5.82 Å². The predicted octanol–water partition coefficient (Wildman–Crippen LogP) is 4.17. The maximum atomic E-state index is 13.2. The van der Waals surface area contributed by atoms with Crippen molar-refractivity contribution in [3.05, 3.63) is 45.4 Å². The van der Waals surface area contributed by atoms with Crippen molar-refractivity contribution < 1.29 is 4.39 Å². The highest BCUT2D eigenvalue weighted by atomic mass is 35.5. The van der Waals surface area contributed by atoms with E-state index in [4.69, 9.17) is 17.3 Å². The average Bonchev–Trinajstić information content (AvgIpc) is 2.78. The van der Waals surface area contributed by atoms with Crippen LogP contribution in [-0.2, 0) is 6.42 Å². The van der Waals surface area contributed by atoms with E-state index in [0.29, 0.717) is 11.4 Å². The fourth-order valence-electron chi connectivity index (χ4n) is 1.73. The second-order valence-corrected chi connectivity index (χ2v) is 5.62. The SMILES string of the molecule is CC(Cc1cccs1)Nc1cc(Cl)c(F)cc1N. The molecular formula is C13H14ClFN2S. The van der Waals surface area contributed by atoms with Gasteiger partial charge < -0.3 is 11.1 Å². The summed E-state index contributed by atoms with van der Waals surface area (Å²) in [5, 5.41) is 5.37. The van der Waals surface area contributed by atoms with Gasteiger partial charge in [-0.2, -0.15) is 0 Å².